The van der Waals surface area contributed by atoms with Crippen LogP contribution in [0.4, 0.5) is 11.5 Å². The monoisotopic (exact) mass is 282 g/mol. The first-order chi connectivity index (χ1) is 9.36. The van der Waals surface area contributed by atoms with Crippen molar-refractivity contribution in [1.29, 1.82) is 0 Å². The number of hydrogen-bond acceptors (Lipinski definition) is 7. The molecule has 110 valence electrons. The molecule has 0 spiro atoms. The Labute approximate surface area is 116 Å². The van der Waals surface area contributed by atoms with Gasteiger partial charge in [0.15, 0.2) is 5.84 Å². The van der Waals surface area contributed by atoms with Crippen molar-refractivity contribution in [3.05, 3.63) is 27.9 Å². The zero-order valence-corrected chi connectivity index (χ0v) is 11.6. The maximum Gasteiger partial charge on any atom is 0.312 e. The number of oxime groups is 1. The van der Waals surface area contributed by atoms with Crippen molar-refractivity contribution in [2.24, 2.45) is 10.9 Å². The van der Waals surface area contributed by atoms with E-state index in [0.717, 1.165) is 6.54 Å². The van der Waals surface area contributed by atoms with Gasteiger partial charge in [-0.25, -0.2) is 4.98 Å². The molecule has 0 saturated heterocycles. The van der Waals surface area contributed by atoms with Crippen LogP contribution in [0.5, 0.6) is 0 Å². The largest absolute Gasteiger partial charge is 0.409 e. The molecule has 1 aromatic rings. The van der Waals surface area contributed by atoms with E-state index in [1.54, 1.807) is 11.9 Å². The number of aromatic nitrogens is 1. The number of hydrogen-bond donors (Lipinski definition) is 2. The quantitative estimate of drug-likeness (QED) is 0.249. The van der Waals surface area contributed by atoms with E-state index in [2.05, 4.69) is 10.1 Å². The zero-order valence-electron chi connectivity index (χ0n) is 11.6. The summed E-state index contributed by atoms with van der Waals surface area (Å²) in [5.74, 6) is 0.0226. The molecule has 1 heterocycles. The molecule has 0 unspecified atom stereocenters. The first-order valence-electron chi connectivity index (χ1n) is 5.85. The Morgan fingerprint density at radius 3 is 2.65 bits per heavy atom. The van der Waals surface area contributed by atoms with Crippen molar-refractivity contribution < 1.29 is 10.1 Å². The molecular weight excluding hydrogens is 264 g/mol. The smallest absolute Gasteiger partial charge is 0.312 e. The Morgan fingerprint density at radius 2 is 2.15 bits per heavy atom. The number of pyridine rings is 1. The van der Waals surface area contributed by atoms with E-state index in [4.69, 9.17) is 10.9 Å². The Hall–Kier alpha value is -2.42. The second kappa shape index (κ2) is 6.66. The van der Waals surface area contributed by atoms with Crippen LogP contribution in [0.1, 0.15) is 5.56 Å². The fourth-order valence-electron chi connectivity index (χ4n) is 1.53. The van der Waals surface area contributed by atoms with Crippen molar-refractivity contribution >= 4 is 17.3 Å². The maximum absolute atomic E-state index is 11.1. The Morgan fingerprint density at radius 1 is 1.50 bits per heavy atom. The van der Waals surface area contributed by atoms with E-state index < -0.39 is 4.92 Å². The van der Waals surface area contributed by atoms with Gasteiger partial charge in [0.25, 0.3) is 0 Å². The highest BCUT2D eigenvalue weighted by Gasteiger charge is 2.20. The van der Waals surface area contributed by atoms with E-state index >= 15 is 0 Å². The molecule has 0 aliphatic carbocycles. The van der Waals surface area contributed by atoms with Gasteiger partial charge >= 0.3 is 5.69 Å². The van der Waals surface area contributed by atoms with E-state index in [1.165, 1.54) is 12.3 Å². The predicted molar refractivity (Wildman–Crippen MR) is 75.2 cm³/mol. The minimum Gasteiger partial charge on any atom is -0.409 e. The molecule has 0 radical (unpaired) electrons. The van der Waals surface area contributed by atoms with Crippen molar-refractivity contribution in [3.63, 3.8) is 0 Å². The van der Waals surface area contributed by atoms with E-state index in [1.807, 2.05) is 19.0 Å². The van der Waals surface area contributed by atoms with Crippen LogP contribution in [0.3, 0.4) is 0 Å². The maximum atomic E-state index is 11.1. The molecule has 0 aromatic carbocycles. The van der Waals surface area contributed by atoms with Gasteiger partial charge in [0.05, 0.1) is 4.92 Å². The molecule has 0 saturated carbocycles. The lowest BCUT2D eigenvalue weighted by atomic mass is 10.2. The highest BCUT2D eigenvalue weighted by Crippen LogP contribution is 2.25. The number of nitro groups is 1. The van der Waals surface area contributed by atoms with Gasteiger partial charge in [0, 0.05) is 38.0 Å². The summed E-state index contributed by atoms with van der Waals surface area (Å²) in [5.41, 5.74) is 5.42. The molecule has 0 aliphatic rings. The van der Waals surface area contributed by atoms with E-state index in [0.29, 0.717) is 6.54 Å². The summed E-state index contributed by atoms with van der Waals surface area (Å²) in [6, 6.07) is 1.24. The topological polar surface area (TPSA) is 121 Å². The predicted octanol–water partition coefficient (Wildman–Crippen LogP) is 0.0821. The Kier molecular flexibility index (Phi) is 5.21. The van der Waals surface area contributed by atoms with Crippen LogP contribution in [0.25, 0.3) is 0 Å². The second-order valence-corrected chi connectivity index (χ2v) is 4.53. The third kappa shape index (κ3) is 3.79. The van der Waals surface area contributed by atoms with Crippen molar-refractivity contribution in [2.45, 2.75) is 0 Å². The van der Waals surface area contributed by atoms with E-state index in [-0.39, 0.29) is 22.9 Å². The first kappa shape index (κ1) is 15.6. The van der Waals surface area contributed by atoms with Crippen LogP contribution in [0, 0.1) is 10.1 Å². The third-order valence-corrected chi connectivity index (χ3v) is 2.69. The summed E-state index contributed by atoms with van der Waals surface area (Å²) in [6.07, 6.45) is 1.34. The van der Waals surface area contributed by atoms with Crippen LogP contribution in [0.15, 0.2) is 17.4 Å². The fraction of sp³-hybridized carbons (Fsp3) is 0.455. The normalized spacial score (nSPS) is 11.7. The minimum absolute atomic E-state index is 0.185. The average molecular weight is 282 g/mol. The fourth-order valence-corrected chi connectivity index (χ4v) is 1.53. The number of likely N-dealkylation sites (N-methyl/N-ethyl adjacent to an activating group) is 2. The van der Waals surface area contributed by atoms with Crippen LogP contribution < -0.4 is 10.6 Å². The molecule has 0 aliphatic heterocycles. The molecule has 3 N–H and O–H groups in total. The summed E-state index contributed by atoms with van der Waals surface area (Å²) in [7, 11) is 5.55. The molecular formula is C11H18N6O3. The van der Waals surface area contributed by atoms with Crippen molar-refractivity contribution in [1.82, 2.24) is 9.88 Å². The van der Waals surface area contributed by atoms with Crippen molar-refractivity contribution in [2.75, 3.05) is 39.1 Å². The highest BCUT2D eigenvalue weighted by atomic mass is 16.6. The van der Waals surface area contributed by atoms with Gasteiger partial charge in [0.2, 0.25) is 5.82 Å². The zero-order chi connectivity index (χ0) is 15.3. The van der Waals surface area contributed by atoms with Gasteiger partial charge in [-0.3, -0.25) is 10.1 Å². The Bertz CT molecular complexity index is 517. The summed E-state index contributed by atoms with van der Waals surface area (Å²) < 4.78 is 0. The summed E-state index contributed by atoms with van der Waals surface area (Å²) in [5, 5.41) is 22.5. The summed E-state index contributed by atoms with van der Waals surface area (Å²) >= 11 is 0. The molecule has 9 heteroatoms. The number of rotatable bonds is 6. The van der Waals surface area contributed by atoms with Crippen molar-refractivity contribution in [3.8, 4) is 0 Å². The summed E-state index contributed by atoms with van der Waals surface area (Å²) in [4.78, 5) is 18.3. The average Bonchev–Trinajstić information content (AvgIpc) is 2.43. The van der Waals surface area contributed by atoms with Gasteiger partial charge in [-0.1, -0.05) is 5.16 Å². The molecule has 0 bridgehead atoms. The lowest BCUT2D eigenvalue weighted by molar-refractivity contribution is -0.384. The Balaban J connectivity index is 3.10. The molecule has 1 aromatic heterocycles. The third-order valence-electron chi connectivity index (χ3n) is 2.69. The number of amidine groups is 1. The molecule has 20 heavy (non-hydrogen) atoms. The molecule has 1 rings (SSSR count). The van der Waals surface area contributed by atoms with Crippen LogP contribution in [0.2, 0.25) is 0 Å². The van der Waals surface area contributed by atoms with Gasteiger partial charge in [-0.2, -0.15) is 0 Å². The molecule has 9 nitrogen and oxygen atoms in total. The van der Waals surface area contributed by atoms with E-state index in [9.17, 15) is 10.1 Å². The van der Waals surface area contributed by atoms with Crippen LogP contribution >= 0.6 is 0 Å². The number of anilines is 1. The molecule has 0 fully saturated rings. The SMILES string of the molecule is CN(C)CCN(C)c1ncc(C(N)=NO)cc1[N+](=O)[O-]. The number of nitrogens with two attached hydrogens (primary N) is 1. The minimum atomic E-state index is -0.539. The van der Waals surface area contributed by atoms with Gasteiger partial charge in [0.1, 0.15) is 0 Å². The summed E-state index contributed by atoms with van der Waals surface area (Å²) in [6.45, 7) is 1.32. The lowest BCUT2D eigenvalue weighted by Gasteiger charge is -2.20. The van der Waals surface area contributed by atoms with Crippen LogP contribution in [-0.2, 0) is 0 Å². The van der Waals surface area contributed by atoms with Crippen LogP contribution in [-0.4, -0.2) is 60.1 Å². The lowest BCUT2D eigenvalue weighted by Crippen LogP contribution is -2.29. The second-order valence-electron chi connectivity index (χ2n) is 4.53. The molecule has 0 atom stereocenters. The van der Waals surface area contributed by atoms with Gasteiger partial charge in [-0.05, 0) is 14.1 Å². The highest BCUT2D eigenvalue weighted by molar-refractivity contribution is 5.97. The van der Waals surface area contributed by atoms with Gasteiger partial charge < -0.3 is 20.7 Å². The standard InChI is InChI=1S/C11H18N6O3/c1-15(2)4-5-16(3)11-9(17(19)20)6-8(7-13-11)10(12)14-18/h6-7,18H,4-5H2,1-3H3,(H2,12,14). The van der Waals surface area contributed by atoms with Gasteiger partial charge in [-0.15, -0.1) is 0 Å². The molecule has 0 amide bonds. The number of nitrogens with zero attached hydrogens (tertiary/aromatic N) is 5. The first-order valence-corrected chi connectivity index (χ1v) is 5.85.